The first-order valence-electron chi connectivity index (χ1n) is 6.22. The highest BCUT2D eigenvalue weighted by atomic mass is 79.9. The maximum absolute atomic E-state index is 5.70. The molecule has 0 bridgehead atoms. The summed E-state index contributed by atoms with van der Waals surface area (Å²) >= 11 is 3.52. The highest BCUT2D eigenvalue weighted by molar-refractivity contribution is 9.10. The number of hydrogen-bond acceptors (Lipinski definition) is 4. The van der Waals surface area contributed by atoms with E-state index in [9.17, 15) is 0 Å². The molecule has 1 aromatic carbocycles. The van der Waals surface area contributed by atoms with Crippen molar-refractivity contribution in [2.45, 2.75) is 32.5 Å². The maximum Gasteiger partial charge on any atom is 0.185 e. The Labute approximate surface area is 122 Å². The lowest BCUT2D eigenvalue weighted by atomic mass is 10.1. The second-order valence-corrected chi connectivity index (χ2v) is 5.68. The highest BCUT2D eigenvalue weighted by Gasteiger charge is 2.22. The minimum atomic E-state index is -0.590. The van der Waals surface area contributed by atoms with Gasteiger partial charge in [-0.3, -0.25) is 0 Å². The summed E-state index contributed by atoms with van der Waals surface area (Å²) in [6.45, 7) is 5.52. The predicted molar refractivity (Wildman–Crippen MR) is 74.7 cm³/mol. The van der Waals surface area contributed by atoms with Crippen LogP contribution in [0, 0.1) is 0 Å². The van der Waals surface area contributed by atoms with Crippen LogP contribution in [0.1, 0.15) is 31.3 Å². The molecule has 0 radical (unpaired) electrons. The number of methoxy groups -OCH3 is 1. The molecular weight excluding hydrogens is 312 g/mol. The van der Waals surface area contributed by atoms with Crippen LogP contribution in [0.5, 0.6) is 0 Å². The summed E-state index contributed by atoms with van der Waals surface area (Å²) in [5, 5.41) is 0. The maximum atomic E-state index is 5.70. The normalized spacial score (nSPS) is 17.1. The number of ether oxygens (including phenoxy) is 4. The van der Waals surface area contributed by atoms with E-state index in [4.69, 9.17) is 18.9 Å². The van der Waals surface area contributed by atoms with Crippen molar-refractivity contribution in [3.63, 3.8) is 0 Å². The molecule has 1 aromatic rings. The van der Waals surface area contributed by atoms with Crippen LogP contribution in [-0.4, -0.2) is 26.1 Å². The average molecular weight is 331 g/mol. The van der Waals surface area contributed by atoms with Crippen LogP contribution < -0.4 is 0 Å². The zero-order valence-corrected chi connectivity index (χ0v) is 13.0. The summed E-state index contributed by atoms with van der Waals surface area (Å²) in [5.74, 6) is -0.590. The van der Waals surface area contributed by atoms with E-state index in [-0.39, 0.29) is 6.29 Å². The molecule has 4 nitrogen and oxygen atoms in total. The Morgan fingerprint density at radius 2 is 2.00 bits per heavy atom. The molecule has 1 fully saturated rings. The number of halogens is 1. The van der Waals surface area contributed by atoms with Gasteiger partial charge in [0, 0.05) is 17.1 Å². The minimum absolute atomic E-state index is 0.287. The molecule has 1 saturated heterocycles. The summed E-state index contributed by atoms with van der Waals surface area (Å²) < 4.78 is 23.0. The molecular formula is C14H19BrO4. The molecule has 1 aliphatic rings. The smallest absolute Gasteiger partial charge is 0.185 e. The molecule has 5 heteroatoms. The Kier molecular flexibility index (Phi) is 4.97. The van der Waals surface area contributed by atoms with Crippen LogP contribution in [0.25, 0.3) is 0 Å². The number of benzene rings is 1. The summed E-state index contributed by atoms with van der Waals surface area (Å²) in [7, 11) is 1.63. The highest BCUT2D eigenvalue weighted by Crippen LogP contribution is 2.31. The monoisotopic (exact) mass is 330 g/mol. The van der Waals surface area contributed by atoms with E-state index < -0.39 is 5.79 Å². The second-order valence-electron chi connectivity index (χ2n) is 4.82. The van der Waals surface area contributed by atoms with Gasteiger partial charge in [-0.05, 0) is 31.5 Å². The van der Waals surface area contributed by atoms with Gasteiger partial charge in [-0.2, -0.15) is 0 Å². The summed E-state index contributed by atoms with van der Waals surface area (Å²) in [4.78, 5) is 0. The van der Waals surface area contributed by atoms with E-state index in [1.54, 1.807) is 7.11 Å². The summed E-state index contributed by atoms with van der Waals surface area (Å²) in [6, 6.07) is 6.03. The molecule has 19 heavy (non-hydrogen) atoms. The van der Waals surface area contributed by atoms with Crippen LogP contribution in [0.4, 0.5) is 0 Å². The van der Waals surface area contributed by atoms with Crippen molar-refractivity contribution in [1.82, 2.24) is 0 Å². The molecule has 0 saturated carbocycles. The van der Waals surface area contributed by atoms with E-state index in [0.29, 0.717) is 19.8 Å². The Morgan fingerprint density at radius 1 is 1.32 bits per heavy atom. The molecule has 0 N–H and O–H groups in total. The predicted octanol–water partition coefficient (Wildman–Crippen LogP) is 3.39. The zero-order chi connectivity index (χ0) is 13.9. The van der Waals surface area contributed by atoms with Crippen molar-refractivity contribution in [2.24, 2.45) is 0 Å². The Balaban J connectivity index is 2.08. The molecule has 1 aliphatic heterocycles. The number of hydrogen-bond donors (Lipinski definition) is 0. The lowest BCUT2D eigenvalue weighted by Gasteiger charge is -2.23. The SMILES string of the molecule is COC(C)(C)OCc1ccc(Br)c(C2OCCO2)c1. The van der Waals surface area contributed by atoms with Crippen molar-refractivity contribution < 1.29 is 18.9 Å². The Morgan fingerprint density at radius 3 is 2.63 bits per heavy atom. The van der Waals surface area contributed by atoms with Crippen LogP contribution >= 0.6 is 15.9 Å². The first-order valence-corrected chi connectivity index (χ1v) is 7.02. The first-order chi connectivity index (χ1) is 9.02. The quantitative estimate of drug-likeness (QED) is 0.775. The van der Waals surface area contributed by atoms with Crippen molar-refractivity contribution in [3.8, 4) is 0 Å². The molecule has 0 atom stereocenters. The van der Waals surface area contributed by atoms with E-state index in [0.717, 1.165) is 15.6 Å². The molecule has 2 rings (SSSR count). The minimum Gasteiger partial charge on any atom is -0.354 e. The first kappa shape index (κ1) is 14.9. The standard InChI is InChI=1S/C14H19BrO4/c1-14(2,16-3)19-9-10-4-5-12(15)11(8-10)13-17-6-7-18-13/h4-5,8,13H,6-7,9H2,1-3H3. The molecule has 0 spiro atoms. The van der Waals surface area contributed by atoms with Gasteiger partial charge in [-0.15, -0.1) is 0 Å². The molecule has 0 aliphatic carbocycles. The van der Waals surface area contributed by atoms with Gasteiger partial charge in [0.2, 0.25) is 0 Å². The number of rotatable bonds is 5. The molecule has 106 valence electrons. The lowest BCUT2D eigenvalue weighted by molar-refractivity contribution is -0.204. The van der Waals surface area contributed by atoms with E-state index >= 15 is 0 Å². The van der Waals surface area contributed by atoms with E-state index in [1.807, 2.05) is 32.0 Å². The summed E-state index contributed by atoms with van der Waals surface area (Å²) in [5.41, 5.74) is 2.05. The fourth-order valence-corrected chi connectivity index (χ4v) is 2.15. The third kappa shape index (κ3) is 4.00. The van der Waals surface area contributed by atoms with Gasteiger partial charge in [-0.25, -0.2) is 0 Å². The van der Waals surface area contributed by atoms with E-state index in [2.05, 4.69) is 15.9 Å². The Hall–Kier alpha value is -0.460. The van der Waals surface area contributed by atoms with Crippen LogP contribution in [0.15, 0.2) is 22.7 Å². The average Bonchev–Trinajstić information content (AvgIpc) is 2.92. The summed E-state index contributed by atoms with van der Waals surface area (Å²) in [6.07, 6.45) is -0.287. The Bertz CT molecular complexity index is 427. The topological polar surface area (TPSA) is 36.9 Å². The second kappa shape index (κ2) is 6.33. The third-order valence-electron chi connectivity index (χ3n) is 3.01. The van der Waals surface area contributed by atoms with Crippen molar-refractivity contribution in [2.75, 3.05) is 20.3 Å². The van der Waals surface area contributed by atoms with Gasteiger partial charge in [-0.1, -0.05) is 22.0 Å². The zero-order valence-electron chi connectivity index (χ0n) is 11.4. The molecule has 0 unspecified atom stereocenters. The van der Waals surface area contributed by atoms with Crippen LogP contribution in [0.3, 0.4) is 0 Å². The molecule has 1 heterocycles. The van der Waals surface area contributed by atoms with Gasteiger partial charge in [0.1, 0.15) is 0 Å². The van der Waals surface area contributed by atoms with E-state index in [1.165, 1.54) is 0 Å². The lowest BCUT2D eigenvalue weighted by Crippen LogP contribution is -2.26. The van der Waals surface area contributed by atoms with Crippen molar-refractivity contribution >= 4 is 15.9 Å². The molecule has 0 aromatic heterocycles. The largest absolute Gasteiger partial charge is 0.354 e. The van der Waals surface area contributed by atoms with Crippen molar-refractivity contribution in [3.05, 3.63) is 33.8 Å². The van der Waals surface area contributed by atoms with Gasteiger partial charge in [0.05, 0.1) is 19.8 Å². The van der Waals surface area contributed by atoms with Crippen LogP contribution in [0.2, 0.25) is 0 Å². The third-order valence-corrected chi connectivity index (χ3v) is 3.74. The van der Waals surface area contributed by atoms with Gasteiger partial charge in [0.25, 0.3) is 0 Å². The van der Waals surface area contributed by atoms with Crippen molar-refractivity contribution in [1.29, 1.82) is 0 Å². The fourth-order valence-electron chi connectivity index (χ4n) is 1.72. The molecule has 0 amide bonds. The fraction of sp³-hybridized carbons (Fsp3) is 0.571. The van der Waals surface area contributed by atoms with Crippen LogP contribution in [-0.2, 0) is 25.6 Å². The van der Waals surface area contributed by atoms with Gasteiger partial charge in [0.15, 0.2) is 12.1 Å². The van der Waals surface area contributed by atoms with Gasteiger partial charge >= 0.3 is 0 Å². The van der Waals surface area contributed by atoms with Gasteiger partial charge < -0.3 is 18.9 Å².